The van der Waals surface area contributed by atoms with E-state index < -0.39 is 23.2 Å². The number of alkyl halides is 3. The fourth-order valence-electron chi connectivity index (χ4n) is 1.60. The van der Waals surface area contributed by atoms with E-state index in [-0.39, 0.29) is 16.0 Å². The van der Waals surface area contributed by atoms with Crippen molar-refractivity contribution >= 4 is 46.7 Å². The predicted octanol–water partition coefficient (Wildman–Crippen LogP) is 3.66. The van der Waals surface area contributed by atoms with Crippen LogP contribution in [-0.2, 0) is 18.0 Å². The van der Waals surface area contributed by atoms with Gasteiger partial charge in [0.2, 0.25) is 11.7 Å². The second-order valence-corrected chi connectivity index (χ2v) is 6.75. The van der Waals surface area contributed by atoms with E-state index in [0.717, 1.165) is 16.3 Å². The van der Waals surface area contributed by atoms with Crippen LogP contribution in [0, 0.1) is 0 Å². The fourth-order valence-corrected chi connectivity index (χ4v) is 2.84. The molecule has 12 heteroatoms. The number of rotatable bonds is 4. The van der Waals surface area contributed by atoms with E-state index >= 15 is 0 Å². The average Bonchev–Trinajstić information content (AvgIpc) is 2.83. The third-order valence-corrected chi connectivity index (χ3v) is 4.42. The standard InChI is InChI=1S/C12H10Cl2F3N5OS/c1-5(9(23)19-8-7(14)3-6(13)4-18-8)24-11-21-20-10(22(11)2)12(15,16)17/h3-5H,1-2H3,(H,18,19,23). The van der Waals surface area contributed by atoms with Gasteiger partial charge in [-0.05, 0) is 13.0 Å². The van der Waals surface area contributed by atoms with E-state index in [9.17, 15) is 18.0 Å². The van der Waals surface area contributed by atoms with Crippen LogP contribution in [0.4, 0.5) is 19.0 Å². The molecule has 1 N–H and O–H groups in total. The van der Waals surface area contributed by atoms with E-state index in [2.05, 4.69) is 20.5 Å². The number of hydrogen-bond acceptors (Lipinski definition) is 5. The van der Waals surface area contributed by atoms with Crippen molar-refractivity contribution < 1.29 is 18.0 Å². The topological polar surface area (TPSA) is 72.7 Å². The lowest BCUT2D eigenvalue weighted by atomic mass is 10.4. The molecule has 1 amide bonds. The molecule has 0 aliphatic rings. The molecule has 2 heterocycles. The number of amides is 1. The molecule has 2 aromatic heterocycles. The Hall–Kier alpha value is -1.52. The molecule has 0 aromatic carbocycles. The summed E-state index contributed by atoms with van der Waals surface area (Å²) >= 11 is 12.4. The zero-order valence-corrected chi connectivity index (χ0v) is 14.6. The number of nitrogens with one attached hydrogen (secondary N) is 1. The smallest absolute Gasteiger partial charge is 0.308 e. The highest BCUT2D eigenvalue weighted by molar-refractivity contribution is 8.00. The van der Waals surface area contributed by atoms with Gasteiger partial charge in [0.1, 0.15) is 0 Å². The summed E-state index contributed by atoms with van der Waals surface area (Å²) in [7, 11) is 1.17. The van der Waals surface area contributed by atoms with Gasteiger partial charge in [0.05, 0.1) is 15.3 Å². The molecule has 0 aliphatic carbocycles. The van der Waals surface area contributed by atoms with Gasteiger partial charge in [-0.2, -0.15) is 13.2 Å². The first-order chi connectivity index (χ1) is 11.1. The van der Waals surface area contributed by atoms with Crippen molar-refractivity contribution in [1.29, 1.82) is 0 Å². The van der Waals surface area contributed by atoms with Crippen molar-refractivity contribution in [2.45, 2.75) is 23.5 Å². The van der Waals surface area contributed by atoms with Gasteiger partial charge in [0.15, 0.2) is 11.0 Å². The van der Waals surface area contributed by atoms with Crippen LogP contribution in [0.25, 0.3) is 0 Å². The number of carbonyl (C=O) groups is 1. The molecule has 6 nitrogen and oxygen atoms in total. The number of carbonyl (C=O) groups excluding carboxylic acids is 1. The minimum absolute atomic E-state index is 0.0415. The summed E-state index contributed by atoms with van der Waals surface area (Å²) in [5.74, 6) is -1.54. The summed E-state index contributed by atoms with van der Waals surface area (Å²) in [6.45, 7) is 1.51. The third-order valence-electron chi connectivity index (χ3n) is 2.79. The van der Waals surface area contributed by atoms with Crippen LogP contribution in [-0.4, -0.2) is 30.9 Å². The van der Waals surface area contributed by atoms with Crippen LogP contribution >= 0.6 is 35.0 Å². The van der Waals surface area contributed by atoms with Crippen LogP contribution in [0.3, 0.4) is 0 Å². The lowest BCUT2D eigenvalue weighted by molar-refractivity contribution is -0.147. The van der Waals surface area contributed by atoms with Crippen molar-refractivity contribution in [2.75, 3.05) is 5.32 Å². The minimum atomic E-state index is -4.62. The molecule has 2 rings (SSSR count). The van der Waals surface area contributed by atoms with Crippen LogP contribution in [0.1, 0.15) is 12.7 Å². The SMILES string of the molecule is CC(Sc1nnc(C(F)(F)F)n1C)C(=O)Nc1ncc(Cl)cc1Cl. The maximum absolute atomic E-state index is 12.7. The van der Waals surface area contributed by atoms with Crippen LogP contribution in [0.15, 0.2) is 17.4 Å². The van der Waals surface area contributed by atoms with E-state index in [1.807, 2.05) is 0 Å². The molecule has 0 fully saturated rings. The predicted molar refractivity (Wildman–Crippen MR) is 84.2 cm³/mol. The summed E-state index contributed by atoms with van der Waals surface area (Å²) in [6, 6.07) is 1.40. The second kappa shape index (κ2) is 7.16. The molecule has 0 saturated heterocycles. The number of pyridine rings is 1. The summed E-state index contributed by atoms with van der Waals surface area (Å²) < 4.78 is 38.8. The molecular formula is C12H10Cl2F3N5OS. The first kappa shape index (κ1) is 18.8. The van der Waals surface area contributed by atoms with Gasteiger partial charge in [0.25, 0.3) is 0 Å². The zero-order valence-electron chi connectivity index (χ0n) is 12.2. The molecular weight excluding hydrogens is 390 g/mol. The molecule has 0 bridgehead atoms. The number of halogens is 5. The number of aromatic nitrogens is 4. The monoisotopic (exact) mass is 399 g/mol. The fraction of sp³-hybridized carbons (Fsp3) is 0.333. The van der Waals surface area contributed by atoms with E-state index in [0.29, 0.717) is 5.02 Å². The highest BCUT2D eigenvalue weighted by Crippen LogP contribution is 2.31. The maximum atomic E-state index is 12.7. The Morgan fingerprint density at radius 3 is 2.58 bits per heavy atom. The molecule has 130 valence electrons. The van der Waals surface area contributed by atoms with Crippen LogP contribution in [0.5, 0.6) is 0 Å². The maximum Gasteiger partial charge on any atom is 0.451 e. The first-order valence-electron chi connectivity index (χ1n) is 6.34. The number of thioether (sulfide) groups is 1. The van der Waals surface area contributed by atoms with Gasteiger partial charge in [0, 0.05) is 13.2 Å². The molecule has 0 saturated carbocycles. The number of nitrogens with zero attached hydrogens (tertiary/aromatic N) is 4. The quantitative estimate of drug-likeness (QED) is 0.794. The Bertz CT molecular complexity index is 768. The summed E-state index contributed by atoms with van der Waals surface area (Å²) in [5.41, 5.74) is 0. The van der Waals surface area contributed by atoms with Crippen molar-refractivity contribution in [3.05, 3.63) is 28.1 Å². The lowest BCUT2D eigenvalue weighted by Crippen LogP contribution is -2.23. The number of anilines is 1. The molecule has 1 unspecified atom stereocenters. The number of hydrogen-bond donors (Lipinski definition) is 1. The third kappa shape index (κ3) is 4.31. The van der Waals surface area contributed by atoms with Gasteiger partial charge in [-0.3, -0.25) is 4.79 Å². The van der Waals surface area contributed by atoms with Gasteiger partial charge >= 0.3 is 6.18 Å². The first-order valence-corrected chi connectivity index (χ1v) is 7.98. The zero-order chi connectivity index (χ0) is 18.1. The van der Waals surface area contributed by atoms with Crippen LogP contribution in [0.2, 0.25) is 10.0 Å². The molecule has 0 spiro atoms. The van der Waals surface area contributed by atoms with E-state index in [1.54, 1.807) is 0 Å². The van der Waals surface area contributed by atoms with Gasteiger partial charge in [-0.25, -0.2) is 4.98 Å². The summed E-state index contributed by atoms with van der Waals surface area (Å²) in [5, 5.41) is 8.67. The summed E-state index contributed by atoms with van der Waals surface area (Å²) in [6.07, 6.45) is -3.31. The van der Waals surface area contributed by atoms with E-state index in [4.69, 9.17) is 23.2 Å². The van der Waals surface area contributed by atoms with E-state index in [1.165, 1.54) is 26.2 Å². The molecule has 1 atom stereocenters. The van der Waals surface area contributed by atoms with Crippen molar-refractivity contribution in [1.82, 2.24) is 19.7 Å². The molecule has 0 radical (unpaired) electrons. The van der Waals surface area contributed by atoms with Crippen molar-refractivity contribution in [2.24, 2.45) is 7.05 Å². The molecule has 24 heavy (non-hydrogen) atoms. The van der Waals surface area contributed by atoms with Gasteiger partial charge in [-0.1, -0.05) is 35.0 Å². The van der Waals surface area contributed by atoms with Crippen LogP contribution < -0.4 is 5.32 Å². The lowest BCUT2D eigenvalue weighted by Gasteiger charge is -2.12. The van der Waals surface area contributed by atoms with Crippen molar-refractivity contribution in [3.8, 4) is 0 Å². The highest BCUT2D eigenvalue weighted by Gasteiger charge is 2.37. The summed E-state index contributed by atoms with van der Waals surface area (Å²) in [4.78, 5) is 16.0. The Kier molecular flexibility index (Phi) is 5.61. The Morgan fingerprint density at radius 1 is 1.38 bits per heavy atom. The Labute approximate surface area is 148 Å². The second-order valence-electron chi connectivity index (χ2n) is 4.60. The largest absolute Gasteiger partial charge is 0.451 e. The van der Waals surface area contributed by atoms with Crippen molar-refractivity contribution in [3.63, 3.8) is 0 Å². The minimum Gasteiger partial charge on any atom is -0.308 e. The molecule has 0 aliphatic heterocycles. The van der Waals surface area contributed by atoms with Gasteiger partial charge < -0.3 is 9.88 Å². The normalized spacial score (nSPS) is 13.0. The molecule has 2 aromatic rings. The highest BCUT2D eigenvalue weighted by atomic mass is 35.5. The van der Waals surface area contributed by atoms with Gasteiger partial charge in [-0.15, -0.1) is 10.2 Å². The Morgan fingerprint density at radius 2 is 2.04 bits per heavy atom. The Balaban J connectivity index is 2.08. The average molecular weight is 400 g/mol.